The summed E-state index contributed by atoms with van der Waals surface area (Å²) in [4.78, 5) is 15.9. The van der Waals surface area contributed by atoms with Gasteiger partial charge in [-0.1, -0.05) is 5.16 Å². The molecule has 0 atom stereocenters. The van der Waals surface area contributed by atoms with Gasteiger partial charge >= 0.3 is 6.16 Å². The van der Waals surface area contributed by atoms with Gasteiger partial charge in [-0.15, -0.1) is 0 Å². The molecule has 0 aromatic heterocycles. The molecule has 0 radical (unpaired) electrons. The first-order chi connectivity index (χ1) is 9.24. The molecule has 0 heterocycles. The number of fused-ring (bicyclic) bond motifs is 1. The molecule has 0 aliphatic heterocycles. The predicted octanol–water partition coefficient (Wildman–Crippen LogP) is 2.91. The minimum absolute atomic E-state index is 0.275. The molecule has 1 aliphatic carbocycles. The molecule has 0 bridgehead atoms. The molecule has 0 fully saturated rings. The van der Waals surface area contributed by atoms with Crippen molar-refractivity contribution in [1.29, 1.82) is 0 Å². The molecule has 1 aromatic carbocycles. The first-order valence-electron chi connectivity index (χ1n) is 6.32. The summed E-state index contributed by atoms with van der Waals surface area (Å²) < 4.78 is 9.87. The van der Waals surface area contributed by atoms with Crippen LogP contribution < -0.4 is 4.74 Å². The molecule has 2 rings (SSSR count). The van der Waals surface area contributed by atoms with Crippen LogP contribution in [0.1, 0.15) is 30.9 Å². The summed E-state index contributed by atoms with van der Waals surface area (Å²) in [6, 6.07) is 5.82. The van der Waals surface area contributed by atoms with E-state index in [0.717, 1.165) is 41.9 Å². The second kappa shape index (κ2) is 6.22. The van der Waals surface area contributed by atoms with E-state index in [2.05, 4.69) is 9.89 Å². The second-order valence-electron chi connectivity index (χ2n) is 4.19. The maximum Gasteiger partial charge on any atom is 0.535 e. The summed E-state index contributed by atoms with van der Waals surface area (Å²) >= 11 is 0. The van der Waals surface area contributed by atoms with Gasteiger partial charge in [0.1, 0.15) is 5.75 Å². The Hall–Kier alpha value is -2.04. The van der Waals surface area contributed by atoms with Crippen molar-refractivity contribution >= 4 is 11.9 Å². The molecule has 102 valence electrons. The van der Waals surface area contributed by atoms with Crippen LogP contribution in [0.25, 0.3) is 0 Å². The molecule has 1 aliphatic rings. The quantitative estimate of drug-likeness (QED) is 0.478. The van der Waals surface area contributed by atoms with Crippen LogP contribution in [0.5, 0.6) is 5.75 Å². The van der Waals surface area contributed by atoms with Crippen LogP contribution in [-0.2, 0) is 16.0 Å². The van der Waals surface area contributed by atoms with Crippen LogP contribution in [0, 0.1) is 0 Å². The SMILES string of the molecule is CCOC(=O)O/N=C1\CCCc2cc(OC)ccc21. The number of oxime groups is 1. The Morgan fingerprint density at radius 3 is 2.95 bits per heavy atom. The van der Waals surface area contributed by atoms with Crippen molar-refractivity contribution in [2.45, 2.75) is 26.2 Å². The highest BCUT2D eigenvalue weighted by Crippen LogP contribution is 2.26. The Labute approximate surface area is 112 Å². The van der Waals surface area contributed by atoms with Gasteiger partial charge in [0, 0.05) is 5.56 Å². The topological polar surface area (TPSA) is 57.1 Å². The monoisotopic (exact) mass is 263 g/mol. The molecular formula is C14H17NO4. The van der Waals surface area contributed by atoms with Gasteiger partial charge in [0.25, 0.3) is 0 Å². The number of carbonyl (C=O) groups is 1. The number of aryl methyl sites for hydroxylation is 1. The number of hydrogen-bond acceptors (Lipinski definition) is 5. The number of rotatable bonds is 3. The van der Waals surface area contributed by atoms with Crippen LogP contribution in [0.4, 0.5) is 4.79 Å². The summed E-state index contributed by atoms with van der Waals surface area (Å²) in [5.41, 5.74) is 2.95. The minimum Gasteiger partial charge on any atom is -0.497 e. The van der Waals surface area contributed by atoms with Crippen molar-refractivity contribution in [3.05, 3.63) is 29.3 Å². The smallest absolute Gasteiger partial charge is 0.497 e. The molecule has 19 heavy (non-hydrogen) atoms. The van der Waals surface area contributed by atoms with Gasteiger partial charge < -0.3 is 9.47 Å². The first kappa shape index (κ1) is 13.4. The fraction of sp³-hybridized carbons (Fsp3) is 0.429. The van der Waals surface area contributed by atoms with E-state index in [1.165, 1.54) is 0 Å². The lowest BCUT2D eigenvalue weighted by molar-refractivity contribution is 0.0611. The summed E-state index contributed by atoms with van der Waals surface area (Å²) in [6.07, 6.45) is 1.98. The van der Waals surface area contributed by atoms with E-state index in [1.807, 2.05) is 18.2 Å². The third-order valence-electron chi connectivity index (χ3n) is 2.98. The number of hydrogen-bond donors (Lipinski definition) is 0. The van der Waals surface area contributed by atoms with Crippen molar-refractivity contribution < 1.29 is 19.1 Å². The van der Waals surface area contributed by atoms with Crippen molar-refractivity contribution in [2.75, 3.05) is 13.7 Å². The molecule has 5 nitrogen and oxygen atoms in total. The molecular weight excluding hydrogens is 246 g/mol. The Morgan fingerprint density at radius 1 is 1.37 bits per heavy atom. The number of benzene rings is 1. The lowest BCUT2D eigenvalue weighted by atomic mass is 9.90. The van der Waals surface area contributed by atoms with Crippen molar-refractivity contribution in [2.24, 2.45) is 5.16 Å². The van der Waals surface area contributed by atoms with Gasteiger partial charge in [0.05, 0.1) is 19.4 Å². The fourth-order valence-corrected chi connectivity index (χ4v) is 2.10. The van der Waals surface area contributed by atoms with Crippen molar-refractivity contribution in [3.63, 3.8) is 0 Å². The van der Waals surface area contributed by atoms with Gasteiger partial charge in [-0.05, 0) is 49.9 Å². The van der Waals surface area contributed by atoms with E-state index in [9.17, 15) is 4.79 Å². The lowest BCUT2D eigenvalue weighted by Crippen LogP contribution is -2.14. The largest absolute Gasteiger partial charge is 0.535 e. The number of methoxy groups -OCH3 is 1. The molecule has 0 spiro atoms. The predicted molar refractivity (Wildman–Crippen MR) is 70.6 cm³/mol. The van der Waals surface area contributed by atoms with E-state index in [1.54, 1.807) is 14.0 Å². The summed E-state index contributed by atoms with van der Waals surface area (Å²) in [6.45, 7) is 1.99. The van der Waals surface area contributed by atoms with Gasteiger partial charge in [-0.2, -0.15) is 0 Å². The summed E-state index contributed by atoms with van der Waals surface area (Å²) in [7, 11) is 1.64. The second-order valence-corrected chi connectivity index (χ2v) is 4.19. The maximum absolute atomic E-state index is 11.1. The number of nitrogens with zero attached hydrogens (tertiary/aromatic N) is 1. The van der Waals surface area contributed by atoms with E-state index in [4.69, 9.17) is 9.57 Å². The van der Waals surface area contributed by atoms with Crippen LogP contribution >= 0.6 is 0 Å². The van der Waals surface area contributed by atoms with Crippen LogP contribution in [0.2, 0.25) is 0 Å². The molecule has 0 N–H and O–H groups in total. The summed E-state index contributed by atoms with van der Waals surface area (Å²) in [5.74, 6) is 0.825. The Morgan fingerprint density at radius 2 is 2.21 bits per heavy atom. The standard InChI is InChI=1S/C14H17NO4/c1-3-18-14(16)19-15-13-6-4-5-10-9-11(17-2)7-8-12(10)13/h7-9H,3-6H2,1-2H3/b15-13+. The zero-order chi connectivity index (χ0) is 13.7. The first-order valence-corrected chi connectivity index (χ1v) is 6.32. The number of ether oxygens (including phenoxy) is 2. The Bertz CT molecular complexity index is 496. The van der Waals surface area contributed by atoms with Gasteiger partial charge in [-0.3, -0.25) is 4.84 Å². The van der Waals surface area contributed by atoms with Crippen molar-refractivity contribution in [3.8, 4) is 5.75 Å². The zero-order valence-corrected chi connectivity index (χ0v) is 11.1. The van der Waals surface area contributed by atoms with Gasteiger partial charge in [-0.25, -0.2) is 4.79 Å². The molecule has 0 amide bonds. The molecule has 5 heteroatoms. The highest BCUT2D eigenvalue weighted by molar-refractivity contribution is 6.02. The average Bonchev–Trinajstić information content (AvgIpc) is 2.44. The zero-order valence-electron chi connectivity index (χ0n) is 11.1. The number of carbonyl (C=O) groups excluding carboxylic acids is 1. The van der Waals surface area contributed by atoms with Gasteiger partial charge in [0.15, 0.2) is 0 Å². The van der Waals surface area contributed by atoms with E-state index in [-0.39, 0.29) is 6.61 Å². The molecule has 0 saturated carbocycles. The molecule has 0 unspecified atom stereocenters. The minimum atomic E-state index is -0.768. The normalized spacial score (nSPS) is 15.8. The third-order valence-corrected chi connectivity index (χ3v) is 2.98. The highest BCUT2D eigenvalue weighted by Gasteiger charge is 2.17. The van der Waals surface area contributed by atoms with Crippen LogP contribution in [-0.4, -0.2) is 25.6 Å². The fourth-order valence-electron chi connectivity index (χ4n) is 2.10. The molecule has 1 aromatic rings. The van der Waals surface area contributed by atoms with Crippen LogP contribution in [0.15, 0.2) is 23.4 Å². The van der Waals surface area contributed by atoms with Crippen LogP contribution in [0.3, 0.4) is 0 Å². The van der Waals surface area contributed by atoms with Gasteiger partial charge in [0.2, 0.25) is 0 Å². The third kappa shape index (κ3) is 3.24. The van der Waals surface area contributed by atoms with Crippen molar-refractivity contribution in [1.82, 2.24) is 0 Å². The lowest BCUT2D eigenvalue weighted by Gasteiger charge is -2.17. The Balaban J connectivity index is 2.17. The van der Waals surface area contributed by atoms with E-state index >= 15 is 0 Å². The van der Waals surface area contributed by atoms with E-state index < -0.39 is 6.16 Å². The molecule has 0 saturated heterocycles. The highest BCUT2D eigenvalue weighted by atomic mass is 16.8. The summed E-state index contributed by atoms with van der Waals surface area (Å²) in [5, 5.41) is 3.90. The maximum atomic E-state index is 11.1. The Kier molecular flexibility index (Phi) is 4.39. The van der Waals surface area contributed by atoms with E-state index in [0.29, 0.717) is 0 Å². The average molecular weight is 263 g/mol.